The summed E-state index contributed by atoms with van der Waals surface area (Å²) in [7, 11) is -2.16. The zero-order valence-corrected chi connectivity index (χ0v) is 16.9. The van der Waals surface area contributed by atoms with E-state index in [2.05, 4.69) is 0 Å². The predicted molar refractivity (Wildman–Crippen MR) is 104 cm³/mol. The lowest BCUT2D eigenvalue weighted by Gasteiger charge is -2.34. The van der Waals surface area contributed by atoms with Gasteiger partial charge in [-0.25, -0.2) is 8.42 Å². The van der Waals surface area contributed by atoms with Crippen LogP contribution in [0.1, 0.15) is 10.4 Å². The first kappa shape index (κ1) is 19.9. The standard InChI is InChI=1S/C18H18Cl2N2O4S/c1-26-16-4-2-13(3-5-16)18(23)21-6-8-22(9-7-21)27(24,25)17-11-14(19)10-15(20)12-17/h2-5,10-12H,6-9H2,1H3. The number of rotatable bonds is 4. The number of nitrogens with zero attached hydrogens (tertiary/aromatic N) is 2. The molecule has 0 spiro atoms. The van der Waals surface area contributed by atoms with Gasteiger partial charge in [0.25, 0.3) is 5.91 Å². The molecule has 2 aromatic carbocycles. The van der Waals surface area contributed by atoms with E-state index in [-0.39, 0.29) is 33.9 Å². The Morgan fingerprint density at radius 3 is 2.04 bits per heavy atom. The summed E-state index contributed by atoms with van der Waals surface area (Å²) in [6.07, 6.45) is 0. The zero-order chi connectivity index (χ0) is 19.6. The summed E-state index contributed by atoms with van der Waals surface area (Å²) in [5.74, 6) is 0.531. The Bertz CT molecular complexity index is 920. The molecule has 0 saturated carbocycles. The molecule has 0 bridgehead atoms. The molecule has 6 nitrogen and oxygen atoms in total. The highest BCUT2D eigenvalue weighted by Crippen LogP contribution is 2.25. The number of benzene rings is 2. The van der Waals surface area contributed by atoms with Crippen LogP contribution in [-0.4, -0.2) is 56.8 Å². The Kier molecular flexibility index (Phi) is 5.95. The maximum atomic E-state index is 12.8. The van der Waals surface area contributed by atoms with Crippen molar-refractivity contribution in [3.05, 3.63) is 58.1 Å². The van der Waals surface area contributed by atoms with Crippen molar-refractivity contribution in [2.24, 2.45) is 0 Å². The van der Waals surface area contributed by atoms with Crippen LogP contribution in [0.25, 0.3) is 0 Å². The second kappa shape index (κ2) is 8.06. The van der Waals surface area contributed by atoms with E-state index in [0.717, 1.165) is 0 Å². The van der Waals surface area contributed by atoms with Gasteiger partial charge >= 0.3 is 0 Å². The summed E-state index contributed by atoms with van der Waals surface area (Å²) in [5, 5.41) is 0.517. The third kappa shape index (κ3) is 4.38. The molecule has 0 aromatic heterocycles. The maximum Gasteiger partial charge on any atom is 0.253 e. The first-order valence-electron chi connectivity index (χ1n) is 8.21. The fourth-order valence-electron chi connectivity index (χ4n) is 2.87. The SMILES string of the molecule is COc1ccc(C(=O)N2CCN(S(=O)(=O)c3cc(Cl)cc(Cl)c3)CC2)cc1. The lowest BCUT2D eigenvalue weighted by molar-refractivity contribution is 0.0698. The molecule has 0 unspecified atom stereocenters. The van der Waals surface area contributed by atoms with Crippen LogP contribution in [0.2, 0.25) is 10.0 Å². The molecule has 2 aromatic rings. The highest BCUT2D eigenvalue weighted by Gasteiger charge is 2.30. The smallest absolute Gasteiger partial charge is 0.253 e. The Labute approximate surface area is 168 Å². The van der Waals surface area contributed by atoms with E-state index < -0.39 is 10.0 Å². The number of piperazine rings is 1. The van der Waals surface area contributed by atoms with Gasteiger partial charge in [0.05, 0.1) is 12.0 Å². The molecule has 1 amide bonds. The highest BCUT2D eigenvalue weighted by atomic mass is 35.5. The van der Waals surface area contributed by atoms with E-state index >= 15 is 0 Å². The first-order chi connectivity index (χ1) is 12.8. The molecule has 1 fully saturated rings. The number of hydrogen-bond acceptors (Lipinski definition) is 4. The van der Waals surface area contributed by atoms with Gasteiger partial charge in [0.1, 0.15) is 5.75 Å². The average Bonchev–Trinajstić information content (AvgIpc) is 2.67. The van der Waals surface area contributed by atoms with Crippen molar-refractivity contribution in [3.63, 3.8) is 0 Å². The molecule has 9 heteroatoms. The number of amides is 1. The molecule has 27 heavy (non-hydrogen) atoms. The van der Waals surface area contributed by atoms with Crippen LogP contribution in [0.5, 0.6) is 5.75 Å². The average molecular weight is 429 g/mol. The van der Waals surface area contributed by atoms with Crippen molar-refractivity contribution >= 4 is 39.1 Å². The molecule has 1 aliphatic rings. The van der Waals surface area contributed by atoms with Crippen LogP contribution in [0.4, 0.5) is 0 Å². The number of ether oxygens (including phenoxy) is 1. The molecule has 0 aliphatic carbocycles. The highest BCUT2D eigenvalue weighted by molar-refractivity contribution is 7.89. The summed E-state index contributed by atoms with van der Waals surface area (Å²) >= 11 is 11.8. The van der Waals surface area contributed by atoms with Crippen LogP contribution in [0.15, 0.2) is 47.4 Å². The lowest BCUT2D eigenvalue weighted by atomic mass is 10.2. The van der Waals surface area contributed by atoms with Gasteiger partial charge in [-0.05, 0) is 42.5 Å². The zero-order valence-electron chi connectivity index (χ0n) is 14.6. The molecular weight excluding hydrogens is 411 g/mol. The summed E-state index contributed by atoms with van der Waals surface area (Å²) in [6, 6.07) is 11.0. The predicted octanol–water partition coefficient (Wildman–Crippen LogP) is 3.15. The summed E-state index contributed by atoms with van der Waals surface area (Å²) < 4.78 is 32.0. The molecule has 1 saturated heterocycles. The van der Waals surface area contributed by atoms with Crippen LogP contribution in [-0.2, 0) is 10.0 Å². The third-order valence-corrected chi connectivity index (χ3v) is 6.65. The number of carbonyl (C=O) groups is 1. The topological polar surface area (TPSA) is 66.9 Å². The normalized spacial score (nSPS) is 15.6. The Balaban J connectivity index is 1.69. The van der Waals surface area contributed by atoms with Crippen molar-refractivity contribution in [2.75, 3.05) is 33.3 Å². The molecular formula is C18H18Cl2N2O4S. The maximum absolute atomic E-state index is 12.8. The summed E-state index contributed by atoms with van der Waals surface area (Å²) in [4.78, 5) is 14.3. The molecule has 144 valence electrons. The fourth-order valence-corrected chi connectivity index (χ4v) is 5.02. The van der Waals surface area contributed by atoms with Gasteiger partial charge in [-0.15, -0.1) is 0 Å². The molecule has 0 radical (unpaired) electrons. The van der Waals surface area contributed by atoms with Crippen molar-refractivity contribution in [1.82, 2.24) is 9.21 Å². The molecule has 1 aliphatic heterocycles. The van der Waals surface area contributed by atoms with Crippen LogP contribution >= 0.6 is 23.2 Å². The number of methoxy groups -OCH3 is 1. The van der Waals surface area contributed by atoms with Gasteiger partial charge in [-0.3, -0.25) is 4.79 Å². The third-order valence-electron chi connectivity index (χ3n) is 4.34. The van der Waals surface area contributed by atoms with E-state index in [1.807, 2.05) is 0 Å². The van der Waals surface area contributed by atoms with Crippen LogP contribution < -0.4 is 4.74 Å². The van der Waals surface area contributed by atoms with E-state index in [0.29, 0.717) is 24.4 Å². The lowest BCUT2D eigenvalue weighted by Crippen LogP contribution is -2.50. The minimum atomic E-state index is -3.72. The van der Waals surface area contributed by atoms with Crippen LogP contribution in [0, 0.1) is 0 Å². The van der Waals surface area contributed by atoms with E-state index in [9.17, 15) is 13.2 Å². The van der Waals surface area contributed by atoms with E-state index in [1.54, 1.807) is 36.3 Å². The van der Waals surface area contributed by atoms with Crippen molar-refractivity contribution < 1.29 is 17.9 Å². The number of sulfonamides is 1. The largest absolute Gasteiger partial charge is 0.497 e. The van der Waals surface area contributed by atoms with E-state index in [4.69, 9.17) is 27.9 Å². The van der Waals surface area contributed by atoms with Crippen molar-refractivity contribution in [3.8, 4) is 5.75 Å². The van der Waals surface area contributed by atoms with E-state index in [1.165, 1.54) is 22.5 Å². The van der Waals surface area contributed by atoms with Gasteiger partial charge in [-0.1, -0.05) is 23.2 Å². The van der Waals surface area contributed by atoms with Gasteiger partial charge in [-0.2, -0.15) is 4.31 Å². The molecule has 0 atom stereocenters. The summed E-state index contributed by atoms with van der Waals surface area (Å²) in [6.45, 7) is 1.01. The Hall–Kier alpha value is -1.80. The fraction of sp³-hybridized carbons (Fsp3) is 0.278. The van der Waals surface area contributed by atoms with Gasteiger partial charge in [0.2, 0.25) is 10.0 Å². The minimum absolute atomic E-state index is 0.0509. The van der Waals surface area contributed by atoms with Crippen molar-refractivity contribution in [1.29, 1.82) is 0 Å². The molecule has 3 rings (SSSR count). The quantitative estimate of drug-likeness (QED) is 0.749. The van der Waals surface area contributed by atoms with Gasteiger partial charge < -0.3 is 9.64 Å². The van der Waals surface area contributed by atoms with Gasteiger partial charge in [0.15, 0.2) is 0 Å². The minimum Gasteiger partial charge on any atom is -0.497 e. The summed E-state index contributed by atoms with van der Waals surface area (Å²) in [5.41, 5.74) is 0.536. The number of carbonyl (C=O) groups excluding carboxylic acids is 1. The molecule has 1 heterocycles. The monoisotopic (exact) mass is 428 g/mol. The second-order valence-corrected chi connectivity index (χ2v) is 8.84. The molecule has 0 N–H and O–H groups in total. The Morgan fingerprint density at radius 2 is 1.52 bits per heavy atom. The number of halogens is 2. The number of hydrogen-bond donors (Lipinski definition) is 0. The first-order valence-corrected chi connectivity index (χ1v) is 10.4. The van der Waals surface area contributed by atoms with Gasteiger partial charge in [0, 0.05) is 41.8 Å². The van der Waals surface area contributed by atoms with Crippen LogP contribution in [0.3, 0.4) is 0 Å². The Morgan fingerprint density at radius 1 is 0.963 bits per heavy atom. The second-order valence-electron chi connectivity index (χ2n) is 6.03. The van der Waals surface area contributed by atoms with Crippen molar-refractivity contribution in [2.45, 2.75) is 4.90 Å².